The van der Waals surface area contributed by atoms with Crippen molar-refractivity contribution < 1.29 is 9.47 Å². The van der Waals surface area contributed by atoms with Crippen LogP contribution in [0.15, 0.2) is 66.7 Å². The van der Waals surface area contributed by atoms with E-state index < -0.39 is 0 Å². The predicted molar refractivity (Wildman–Crippen MR) is 120 cm³/mol. The predicted octanol–water partition coefficient (Wildman–Crippen LogP) is 5.43. The van der Waals surface area contributed by atoms with Gasteiger partial charge < -0.3 is 19.4 Å². The summed E-state index contributed by atoms with van der Waals surface area (Å²) in [4.78, 5) is 4.76. The first-order valence-electron chi connectivity index (χ1n) is 9.33. The molecule has 0 aliphatic carbocycles. The average molecular weight is 406 g/mol. The van der Waals surface area contributed by atoms with Crippen LogP contribution in [0.4, 0.5) is 5.13 Å². The first-order chi connectivity index (χ1) is 14.2. The summed E-state index contributed by atoms with van der Waals surface area (Å²) in [7, 11) is 3.32. The molecule has 0 aliphatic heterocycles. The van der Waals surface area contributed by atoms with Crippen LogP contribution in [-0.2, 0) is 6.54 Å². The number of nitrogens with one attached hydrogen (secondary N) is 1. The molecule has 0 saturated heterocycles. The van der Waals surface area contributed by atoms with Gasteiger partial charge in [-0.25, -0.2) is 4.98 Å². The highest BCUT2D eigenvalue weighted by atomic mass is 32.1. The molecule has 0 atom stereocenters. The Hall–Kier alpha value is -3.25. The van der Waals surface area contributed by atoms with Crippen molar-refractivity contribution in [3.63, 3.8) is 0 Å². The molecule has 5 nitrogen and oxygen atoms in total. The second kappa shape index (κ2) is 8.41. The summed E-state index contributed by atoms with van der Waals surface area (Å²) >= 11 is 1.59. The van der Waals surface area contributed by atoms with Gasteiger partial charge in [-0.1, -0.05) is 36.4 Å². The molecule has 0 bridgehead atoms. The normalized spacial score (nSPS) is 10.8. The Balaban J connectivity index is 1.84. The van der Waals surface area contributed by atoms with Crippen LogP contribution in [0.3, 0.4) is 0 Å². The number of benzene rings is 2. The summed E-state index contributed by atoms with van der Waals surface area (Å²) in [5, 5.41) is 7.29. The van der Waals surface area contributed by atoms with E-state index in [2.05, 4.69) is 52.3 Å². The van der Waals surface area contributed by atoms with Gasteiger partial charge in [0.1, 0.15) is 0 Å². The van der Waals surface area contributed by atoms with Crippen LogP contribution in [0, 0.1) is 0 Å². The third-order valence-corrected chi connectivity index (χ3v) is 5.56. The molecule has 148 valence electrons. The number of rotatable bonds is 8. The molecule has 6 heteroatoms. The molecule has 0 aliphatic rings. The highest BCUT2D eigenvalue weighted by Gasteiger charge is 2.17. The summed E-state index contributed by atoms with van der Waals surface area (Å²) in [5.74, 6) is 1.42. The highest BCUT2D eigenvalue weighted by Crippen LogP contribution is 2.39. The Morgan fingerprint density at radius 3 is 2.62 bits per heavy atom. The second-order valence-electron chi connectivity index (χ2n) is 6.59. The van der Waals surface area contributed by atoms with E-state index in [1.807, 2.05) is 24.3 Å². The molecule has 0 unspecified atom stereocenters. The topological polar surface area (TPSA) is 48.3 Å². The number of thiazole rings is 1. The number of hydrogen-bond donors (Lipinski definition) is 1. The maximum absolute atomic E-state index is 5.55. The van der Waals surface area contributed by atoms with Crippen LogP contribution in [0.2, 0.25) is 0 Å². The largest absolute Gasteiger partial charge is 0.493 e. The zero-order valence-electron chi connectivity index (χ0n) is 16.5. The van der Waals surface area contributed by atoms with E-state index in [4.69, 9.17) is 14.5 Å². The van der Waals surface area contributed by atoms with Crippen molar-refractivity contribution in [2.75, 3.05) is 26.1 Å². The molecule has 0 radical (unpaired) electrons. The molecule has 0 fully saturated rings. The van der Waals surface area contributed by atoms with E-state index >= 15 is 0 Å². The lowest BCUT2D eigenvalue weighted by atomic mass is 10.1. The average Bonchev–Trinajstić information content (AvgIpc) is 3.36. The Kier molecular flexibility index (Phi) is 5.53. The summed E-state index contributed by atoms with van der Waals surface area (Å²) in [5.41, 5.74) is 4.32. The third-order valence-electron chi connectivity index (χ3n) is 4.76. The minimum Gasteiger partial charge on any atom is -0.493 e. The minimum absolute atomic E-state index is 0.688. The Labute approximate surface area is 174 Å². The number of fused-ring (bicyclic) bond motifs is 1. The molecule has 1 N–H and O–H groups in total. The highest BCUT2D eigenvalue weighted by molar-refractivity contribution is 7.14. The zero-order chi connectivity index (χ0) is 20.2. The van der Waals surface area contributed by atoms with Crippen molar-refractivity contribution in [1.82, 2.24) is 9.55 Å². The SMILES string of the molecule is C=CCNc1nc(-c2cn(Cc3ccccc3)c3cc(OC)c(OC)cc23)cs1. The molecule has 2 aromatic heterocycles. The summed E-state index contributed by atoms with van der Waals surface area (Å²) in [6.07, 6.45) is 3.98. The molecule has 29 heavy (non-hydrogen) atoms. The molecule has 0 spiro atoms. The van der Waals surface area contributed by atoms with Crippen LogP contribution >= 0.6 is 11.3 Å². The fourth-order valence-corrected chi connectivity index (χ4v) is 4.09. The van der Waals surface area contributed by atoms with Gasteiger partial charge in [0.2, 0.25) is 0 Å². The number of aromatic nitrogens is 2. The van der Waals surface area contributed by atoms with Crippen molar-refractivity contribution in [2.45, 2.75) is 6.54 Å². The zero-order valence-corrected chi connectivity index (χ0v) is 17.3. The first kappa shape index (κ1) is 19.1. The lowest BCUT2D eigenvalue weighted by molar-refractivity contribution is 0.355. The maximum atomic E-state index is 5.55. The van der Waals surface area contributed by atoms with Crippen molar-refractivity contribution >= 4 is 27.4 Å². The number of methoxy groups -OCH3 is 2. The van der Waals surface area contributed by atoms with Crippen LogP contribution in [0.25, 0.3) is 22.2 Å². The number of anilines is 1. The van der Waals surface area contributed by atoms with E-state index in [0.717, 1.165) is 33.8 Å². The lowest BCUT2D eigenvalue weighted by Gasteiger charge is -2.10. The summed E-state index contributed by atoms with van der Waals surface area (Å²) in [6, 6.07) is 14.5. The van der Waals surface area contributed by atoms with Gasteiger partial charge in [-0.2, -0.15) is 0 Å². The maximum Gasteiger partial charge on any atom is 0.183 e. The van der Waals surface area contributed by atoms with Gasteiger partial charge in [-0.3, -0.25) is 0 Å². The van der Waals surface area contributed by atoms with Crippen molar-refractivity contribution in [3.05, 3.63) is 72.3 Å². The van der Waals surface area contributed by atoms with Crippen molar-refractivity contribution in [3.8, 4) is 22.8 Å². The first-order valence-corrected chi connectivity index (χ1v) is 10.2. The molecule has 0 amide bonds. The van der Waals surface area contributed by atoms with Gasteiger partial charge in [-0.05, 0) is 11.6 Å². The van der Waals surface area contributed by atoms with E-state index in [1.165, 1.54) is 5.56 Å². The van der Waals surface area contributed by atoms with Gasteiger partial charge in [-0.15, -0.1) is 17.9 Å². The number of hydrogen-bond acceptors (Lipinski definition) is 5. The quantitative estimate of drug-likeness (QED) is 0.397. The van der Waals surface area contributed by atoms with Crippen LogP contribution in [0.1, 0.15) is 5.56 Å². The molecular weight excluding hydrogens is 382 g/mol. The lowest BCUT2D eigenvalue weighted by Crippen LogP contribution is -1.98. The van der Waals surface area contributed by atoms with Crippen LogP contribution < -0.4 is 14.8 Å². The Morgan fingerprint density at radius 1 is 1.14 bits per heavy atom. The van der Waals surface area contributed by atoms with Crippen molar-refractivity contribution in [2.24, 2.45) is 0 Å². The van der Waals surface area contributed by atoms with E-state index in [9.17, 15) is 0 Å². The van der Waals surface area contributed by atoms with Crippen LogP contribution in [-0.4, -0.2) is 30.3 Å². The van der Waals surface area contributed by atoms with Crippen LogP contribution in [0.5, 0.6) is 11.5 Å². The fraction of sp³-hybridized carbons (Fsp3) is 0.174. The summed E-state index contributed by atoms with van der Waals surface area (Å²) < 4.78 is 13.3. The number of nitrogens with zero attached hydrogens (tertiary/aromatic N) is 2. The van der Waals surface area contributed by atoms with E-state index in [0.29, 0.717) is 18.0 Å². The smallest absolute Gasteiger partial charge is 0.183 e. The second-order valence-corrected chi connectivity index (χ2v) is 7.45. The van der Waals surface area contributed by atoms with Gasteiger partial charge in [0.25, 0.3) is 0 Å². The van der Waals surface area contributed by atoms with Gasteiger partial charge in [0.15, 0.2) is 16.6 Å². The molecule has 4 aromatic rings. The molecular formula is C23H23N3O2S. The van der Waals surface area contributed by atoms with E-state index in [1.54, 1.807) is 25.6 Å². The Bertz CT molecular complexity index is 1130. The summed E-state index contributed by atoms with van der Waals surface area (Å²) in [6.45, 7) is 5.20. The molecule has 2 aromatic carbocycles. The Morgan fingerprint density at radius 2 is 1.90 bits per heavy atom. The molecule has 2 heterocycles. The molecule has 0 saturated carbocycles. The number of ether oxygens (including phenoxy) is 2. The van der Waals surface area contributed by atoms with Gasteiger partial charge >= 0.3 is 0 Å². The third kappa shape index (κ3) is 3.84. The van der Waals surface area contributed by atoms with Gasteiger partial charge in [0, 0.05) is 41.7 Å². The molecule has 4 rings (SSSR count). The van der Waals surface area contributed by atoms with Crippen molar-refractivity contribution in [1.29, 1.82) is 0 Å². The monoisotopic (exact) mass is 405 g/mol. The minimum atomic E-state index is 0.688. The fourth-order valence-electron chi connectivity index (χ4n) is 3.37. The standard InChI is InChI=1S/C23H23N3O2S/c1-4-10-24-23-25-19(15-29-23)18-14-26(13-16-8-6-5-7-9-16)20-12-22(28-3)21(27-2)11-17(18)20/h4-9,11-12,14-15H,1,10,13H2,2-3H3,(H,24,25). The van der Waals surface area contributed by atoms with E-state index in [-0.39, 0.29) is 0 Å². The van der Waals surface area contributed by atoms with Gasteiger partial charge in [0.05, 0.1) is 25.4 Å².